The number of aromatic nitrogens is 5. The summed E-state index contributed by atoms with van der Waals surface area (Å²) in [6, 6.07) is 9.96. The lowest BCUT2D eigenvalue weighted by molar-refractivity contribution is -0.149. The summed E-state index contributed by atoms with van der Waals surface area (Å²) in [5.41, 5.74) is 3.40. The van der Waals surface area contributed by atoms with Gasteiger partial charge in [0.1, 0.15) is 11.4 Å². The van der Waals surface area contributed by atoms with Crippen molar-refractivity contribution in [3.63, 3.8) is 0 Å². The number of H-pyrrole nitrogens is 1. The van der Waals surface area contributed by atoms with Crippen molar-refractivity contribution < 1.29 is 14.4 Å². The van der Waals surface area contributed by atoms with Crippen molar-refractivity contribution in [2.24, 2.45) is 0 Å². The van der Waals surface area contributed by atoms with Gasteiger partial charge in [0.2, 0.25) is 0 Å². The zero-order valence-corrected chi connectivity index (χ0v) is 20.2. The Balaban J connectivity index is 1.23. The van der Waals surface area contributed by atoms with Gasteiger partial charge in [-0.25, -0.2) is 4.98 Å². The predicted octanol–water partition coefficient (Wildman–Crippen LogP) is 2.32. The number of aromatic amines is 1. The minimum Gasteiger partial charge on any atom is -0.381 e. The molecule has 10 nitrogen and oxygen atoms in total. The van der Waals surface area contributed by atoms with Crippen LogP contribution in [-0.4, -0.2) is 77.7 Å². The molecule has 0 bridgehead atoms. The number of amides is 1. The van der Waals surface area contributed by atoms with Gasteiger partial charge >= 0.3 is 0 Å². The van der Waals surface area contributed by atoms with E-state index < -0.39 is 5.60 Å². The van der Waals surface area contributed by atoms with E-state index in [1.54, 1.807) is 11.8 Å². The molecular formula is C25H29N7O3. The maximum absolute atomic E-state index is 12.3. The molecule has 182 valence electrons. The van der Waals surface area contributed by atoms with Gasteiger partial charge in [-0.1, -0.05) is 5.16 Å². The van der Waals surface area contributed by atoms with Gasteiger partial charge in [-0.2, -0.15) is 4.98 Å². The Bertz CT molecular complexity index is 1350. The molecule has 1 aliphatic rings. The number of hydrogen-bond acceptors (Lipinski definition) is 8. The van der Waals surface area contributed by atoms with E-state index in [0.29, 0.717) is 31.2 Å². The normalized spacial score (nSPS) is 15.1. The second-order valence-corrected chi connectivity index (χ2v) is 9.52. The highest BCUT2D eigenvalue weighted by Crippen LogP contribution is 2.23. The fourth-order valence-electron chi connectivity index (χ4n) is 4.34. The summed E-state index contributed by atoms with van der Waals surface area (Å²) in [5.74, 6) is 1.71. The molecule has 0 atom stereocenters. The molecule has 1 saturated heterocycles. The second kappa shape index (κ2) is 9.20. The van der Waals surface area contributed by atoms with Gasteiger partial charge in [0.05, 0.1) is 11.0 Å². The summed E-state index contributed by atoms with van der Waals surface area (Å²) in [4.78, 5) is 33.3. The Morgan fingerprint density at radius 3 is 2.66 bits per heavy atom. The van der Waals surface area contributed by atoms with E-state index in [-0.39, 0.29) is 5.91 Å². The second-order valence-electron chi connectivity index (χ2n) is 9.52. The molecule has 0 saturated carbocycles. The summed E-state index contributed by atoms with van der Waals surface area (Å²) in [5, 5.41) is 13.8. The van der Waals surface area contributed by atoms with Crippen molar-refractivity contribution in [2.75, 3.05) is 26.2 Å². The van der Waals surface area contributed by atoms with E-state index in [2.05, 4.69) is 31.1 Å². The number of carbonyl (C=O) groups is 1. The van der Waals surface area contributed by atoms with Crippen LogP contribution in [0.4, 0.5) is 0 Å². The van der Waals surface area contributed by atoms with Gasteiger partial charge in [0, 0.05) is 56.6 Å². The van der Waals surface area contributed by atoms with Crippen molar-refractivity contribution in [2.45, 2.75) is 39.3 Å². The lowest BCUT2D eigenvalue weighted by atomic mass is 10.1. The molecule has 1 amide bonds. The van der Waals surface area contributed by atoms with Crippen molar-refractivity contribution in [1.82, 2.24) is 34.9 Å². The third-order valence-electron chi connectivity index (χ3n) is 6.12. The number of pyridine rings is 1. The zero-order valence-electron chi connectivity index (χ0n) is 20.2. The maximum Gasteiger partial charge on any atom is 0.257 e. The zero-order chi connectivity index (χ0) is 24.6. The van der Waals surface area contributed by atoms with Gasteiger partial charge in [-0.05, 0) is 56.7 Å². The topological polar surface area (TPSA) is 124 Å². The van der Waals surface area contributed by atoms with Crippen LogP contribution < -0.4 is 0 Å². The van der Waals surface area contributed by atoms with Crippen LogP contribution in [0.15, 0.2) is 41.1 Å². The Labute approximate surface area is 203 Å². The first kappa shape index (κ1) is 23.1. The van der Waals surface area contributed by atoms with Crippen LogP contribution in [0.25, 0.3) is 22.5 Å². The molecule has 0 unspecified atom stereocenters. The smallest absolute Gasteiger partial charge is 0.257 e. The average Bonchev–Trinajstić information content (AvgIpc) is 3.43. The molecule has 4 aromatic rings. The average molecular weight is 476 g/mol. The van der Waals surface area contributed by atoms with Crippen LogP contribution in [-0.2, 0) is 17.8 Å². The van der Waals surface area contributed by atoms with Crippen LogP contribution in [0.5, 0.6) is 0 Å². The number of rotatable bonds is 6. The Morgan fingerprint density at radius 1 is 1.14 bits per heavy atom. The number of imidazole rings is 1. The number of hydrogen-bond donors (Lipinski definition) is 2. The van der Waals surface area contributed by atoms with E-state index >= 15 is 0 Å². The quantitative estimate of drug-likeness (QED) is 0.435. The van der Waals surface area contributed by atoms with E-state index in [9.17, 15) is 9.90 Å². The van der Waals surface area contributed by atoms with E-state index in [1.165, 1.54) is 19.4 Å². The molecule has 0 aliphatic carbocycles. The lowest BCUT2D eigenvalue weighted by Gasteiger charge is -2.37. The fraction of sp³-hybridized carbons (Fsp3) is 0.400. The molecule has 10 heteroatoms. The summed E-state index contributed by atoms with van der Waals surface area (Å²) >= 11 is 0. The summed E-state index contributed by atoms with van der Waals surface area (Å²) < 4.78 is 5.27. The number of fused-ring (bicyclic) bond motifs is 1. The monoisotopic (exact) mass is 475 g/mol. The van der Waals surface area contributed by atoms with Crippen LogP contribution in [0.3, 0.4) is 0 Å². The van der Waals surface area contributed by atoms with Crippen LogP contribution in [0.2, 0.25) is 0 Å². The van der Waals surface area contributed by atoms with E-state index in [1.807, 2.05) is 30.5 Å². The molecule has 0 radical (unpaired) electrons. The number of carbonyl (C=O) groups excluding carboxylic acids is 1. The minimum absolute atomic E-state index is 0.214. The third kappa shape index (κ3) is 5.23. The molecule has 1 aliphatic heterocycles. The SMILES string of the molecule is Cc1noc(-c2ccc3nc(Cc4cc(CN5CCN(C(=O)C(C)(C)O)CC5)ccn4)[nH]c3c2)n1. The molecule has 0 spiro atoms. The molecule has 1 fully saturated rings. The highest BCUT2D eigenvalue weighted by Gasteiger charge is 2.31. The first-order valence-electron chi connectivity index (χ1n) is 11.7. The molecule has 5 rings (SSSR count). The van der Waals surface area contributed by atoms with E-state index in [4.69, 9.17) is 9.51 Å². The maximum atomic E-state index is 12.3. The standard InChI is InChI=1S/C25H29N7O3/c1-16-27-23(35-30-16)18-4-5-20-21(13-18)29-22(28-20)14-19-12-17(6-7-26-19)15-31-8-10-32(11-9-31)24(33)25(2,3)34/h4-7,12-13,34H,8-11,14-15H2,1-3H3,(H,28,29). The minimum atomic E-state index is -1.33. The van der Waals surface area contributed by atoms with Gasteiger partial charge in [-0.15, -0.1) is 0 Å². The van der Waals surface area contributed by atoms with Gasteiger partial charge < -0.3 is 19.5 Å². The van der Waals surface area contributed by atoms with Crippen molar-refractivity contribution in [3.8, 4) is 11.5 Å². The summed E-state index contributed by atoms with van der Waals surface area (Å²) in [6.45, 7) is 8.42. The van der Waals surface area contributed by atoms with Gasteiger partial charge in [-0.3, -0.25) is 14.7 Å². The van der Waals surface area contributed by atoms with Crippen molar-refractivity contribution in [3.05, 3.63) is 59.4 Å². The largest absolute Gasteiger partial charge is 0.381 e. The number of benzene rings is 1. The highest BCUT2D eigenvalue weighted by atomic mass is 16.5. The van der Waals surface area contributed by atoms with E-state index in [0.717, 1.165) is 47.7 Å². The number of nitrogens with zero attached hydrogens (tertiary/aromatic N) is 6. The lowest BCUT2D eigenvalue weighted by Crippen LogP contribution is -2.53. The highest BCUT2D eigenvalue weighted by molar-refractivity contribution is 5.84. The molecule has 35 heavy (non-hydrogen) atoms. The number of nitrogens with one attached hydrogen (secondary N) is 1. The summed E-state index contributed by atoms with van der Waals surface area (Å²) in [7, 11) is 0. The number of piperazine rings is 1. The molecule has 3 aromatic heterocycles. The van der Waals surface area contributed by atoms with Crippen molar-refractivity contribution in [1.29, 1.82) is 0 Å². The van der Waals surface area contributed by atoms with Crippen LogP contribution >= 0.6 is 0 Å². The third-order valence-corrected chi connectivity index (χ3v) is 6.12. The van der Waals surface area contributed by atoms with Crippen LogP contribution in [0, 0.1) is 6.92 Å². The molecule has 2 N–H and O–H groups in total. The fourth-order valence-corrected chi connectivity index (χ4v) is 4.34. The predicted molar refractivity (Wildman–Crippen MR) is 129 cm³/mol. The number of aliphatic hydroxyl groups is 1. The summed E-state index contributed by atoms with van der Waals surface area (Å²) in [6.07, 6.45) is 2.42. The Morgan fingerprint density at radius 2 is 1.94 bits per heavy atom. The molecule has 4 heterocycles. The van der Waals surface area contributed by atoms with Crippen LogP contribution in [0.1, 0.15) is 36.8 Å². The van der Waals surface area contributed by atoms with Gasteiger partial charge in [0.15, 0.2) is 5.82 Å². The first-order chi connectivity index (χ1) is 16.7. The van der Waals surface area contributed by atoms with Crippen molar-refractivity contribution >= 4 is 16.9 Å². The molecular weight excluding hydrogens is 446 g/mol. The number of aryl methyl sites for hydroxylation is 1. The molecule has 1 aromatic carbocycles. The Hall–Kier alpha value is -3.63. The van der Waals surface area contributed by atoms with Gasteiger partial charge in [0.25, 0.3) is 11.8 Å². The Kier molecular flexibility index (Phi) is 6.08. The first-order valence-corrected chi connectivity index (χ1v) is 11.7.